The van der Waals surface area contributed by atoms with E-state index in [4.69, 9.17) is 9.84 Å². The van der Waals surface area contributed by atoms with Crippen LogP contribution in [0.5, 0.6) is 5.75 Å². The van der Waals surface area contributed by atoms with Crippen molar-refractivity contribution in [1.29, 1.82) is 0 Å². The van der Waals surface area contributed by atoms with Crippen LogP contribution < -0.4 is 10.1 Å². The van der Waals surface area contributed by atoms with Crippen LogP contribution in [0, 0.1) is 12.8 Å². The predicted molar refractivity (Wildman–Crippen MR) is 81.6 cm³/mol. The number of benzene rings is 1. The molecule has 0 aliphatic rings. The van der Waals surface area contributed by atoms with Crippen LogP contribution >= 0.6 is 0 Å². The van der Waals surface area contributed by atoms with Crippen molar-refractivity contribution in [2.45, 2.75) is 40.0 Å². The fraction of sp³-hybridized carbons (Fsp3) is 0.500. The summed E-state index contributed by atoms with van der Waals surface area (Å²) in [5.74, 6) is -0.643. The van der Waals surface area contributed by atoms with Crippen LogP contribution in [0.25, 0.3) is 0 Å². The number of hydrogen-bond donors (Lipinski definition) is 2. The van der Waals surface area contributed by atoms with Crippen LogP contribution in [0.2, 0.25) is 0 Å². The summed E-state index contributed by atoms with van der Waals surface area (Å²) in [4.78, 5) is 22.6. The van der Waals surface area contributed by atoms with E-state index in [9.17, 15) is 9.59 Å². The van der Waals surface area contributed by atoms with E-state index in [0.29, 0.717) is 18.0 Å². The van der Waals surface area contributed by atoms with Crippen molar-refractivity contribution in [3.8, 4) is 5.75 Å². The van der Waals surface area contributed by atoms with Gasteiger partial charge in [-0.15, -0.1) is 0 Å². The summed E-state index contributed by atoms with van der Waals surface area (Å²) in [6, 6.07) is 5.58. The number of aliphatic carboxylic acids is 1. The molecule has 0 heterocycles. The second kappa shape index (κ2) is 8.29. The van der Waals surface area contributed by atoms with Crippen LogP contribution in [0.3, 0.4) is 0 Å². The van der Waals surface area contributed by atoms with Crippen LogP contribution in [0.15, 0.2) is 18.2 Å². The van der Waals surface area contributed by atoms with Gasteiger partial charge in [-0.3, -0.25) is 9.59 Å². The van der Waals surface area contributed by atoms with E-state index < -0.39 is 5.97 Å². The first kappa shape index (κ1) is 17.0. The van der Waals surface area contributed by atoms with Crippen molar-refractivity contribution in [2.24, 2.45) is 5.92 Å². The molecule has 0 saturated carbocycles. The van der Waals surface area contributed by atoms with E-state index in [2.05, 4.69) is 5.32 Å². The van der Waals surface area contributed by atoms with Gasteiger partial charge in [0, 0.05) is 12.8 Å². The zero-order chi connectivity index (χ0) is 15.8. The number of ether oxygens (including phenoxy) is 1. The lowest BCUT2D eigenvalue weighted by Gasteiger charge is -2.14. The minimum Gasteiger partial charge on any atom is -0.491 e. The van der Waals surface area contributed by atoms with Crippen molar-refractivity contribution in [1.82, 2.24) is 0 Å². The maximum atomic E-state index is 12.0. The molecule has 5 nitrogen and oxygen atoms in total. The van der Waals surface area contributed by atoms with E-state index in [1.165, 1.54) is 0 Å². The number of nitrogens with one attached hydrogen (secondary N) is 1. The first-order chi connectivity index (χ1) is 9.92. The molecular formula is C16H23NO4. The lowest BCUT2D eigenvalue weighted by molar-refractivity contribution is -0.138. The van der Waals surface area contributed by atoms with Gasteiger partial charge in [0.25, 0.3) is 0 Å². The molecule has 0 aliphatic carbocycles. The van der Waals surface area contributed by atoms with Crippen LogP contribution in [-0.4, -0.2) is 23.6 Å². The number of aryl methyl sites for hydroxylation is 1. The topological polar surface area (TPSA) is 75.6 Å². The smallest absolute Gasteiger partial charge is 0.303 e. The lowest BCUT2D eigenvalue weighted by atomic mass is 10.0. The number of anilines is 1. The van der Waals surface area contributed by atoms with Crippen molar-refractivity contribution >= 4 is 17.6 Å². The Bertz CT molecular complexity index is 499. The van der Waals surface area contributed by atoms with Gasteiger partial charge in [-0.25, -0.2) is 0 Å². The third kappa shape index (κ3) is 6.29. The van der Waals surface area contributed by atoms with Gasteiger partial charge in [0.1, 0.15) is 5.75 Å². The van der Waals surface area contributed by atoms with Gasteiger partial charge in [0.2, 0.25) is 5.91 Å². The molecule has 5 heteroatoms. The van der Waals surface area contributed by atoms with E-state index >= 15 is 0 Å². The molecule has 0 spiro atoms. The summed E-state index contributed by atoms with van der Waals surface area (Å²) in [6.07, 6.45) is 1.05. The summed E-state index contributed by atoms with van der Waals surface area (Å²) in [5.41, 5.74) is 1.68. The number of carboxylic acid groups (broad SMARTS) is 1. The summed E-state index contributed by atoms with van der Waals surface area (Å²) in [7, 11) is 0. The maximum Gasteiger partial charge on any atom is 0.303 e. The van der Waals surface area contributed by atoms with E-state index in [0.717, 1.165) is 12.0 Å². The molecule has 116 valence electrons. The number of hydrogen-bond acceptors (Lipinski definition) is 3. The molecule has 0 radical (unpaired) electrons. The molecule has 2 N–H and O–H groups in total. The second-order valence-electron chi connectivity index (χ2n) is 5.30. The molecule has 1 unspecified atom stereocenters. The molecule has 0 bridgehead atoms. The fourth-order valence-electron chi connectivity index (χ4n) is 1.95. The third-order valence-corrected chi connectivity index (χ3v) is 2.93. The second-order valence-corrected chi connectivity index (χ2v) is 5.30. The van der Waals surface area contributed by atoms with Gasteiger partial charge in [0.15, 0.2) is 0 Å². The molecular weight excluding hydrogens is 270 g/mol. The SMILES string of the molecule is CCCOc1cc(C)ccc1NC(=O)CC(C)CC(=O)O. The van der Waals surface area contributed by atoms with Gasteiger partial charge in [0.05, 0.1) is 12.3 Å². The predicted octanol–water partition coefficient (Wildman–Crippen LogP) is 3.22. The van der Waals surface area contributed by atoms with Crippen molar-refractivity contribution in [3.63, 3.8) is 0 Å². The van der Waals surface area contributed by atoms with Crippen LogP contribution in [0.4, 0.5) is 5.69 Å². The Labute approximate surface area is 125 Å². The highest BCUT2D eigenvalue weighted by atomic mass is 16.5. The first-order valence-corrected chi connectivity index (χ1v) is 7.17. The molecule has 0 aliphatic heterocycles. The highest BCUT2D eigenvalue weighted by molar-refractivity contribution is 5.92. The molecule has 0 aromatic heterocycles. The minimum atomic E-state index is -0.891. The molecule has 0 saturated heterocycles. The highest BCUT2D eigenvalue weighted by Gasteiger charge is 2.14. The average molecular weight is 293 g/mol. The van der Waals surface area contributed by atoms with Gasteiger partial charge < -0.3 is 15.2 Å². The summed E-state index contributed by atoms with van der Waals surface area (Å²) in [5, 5.41) is 11.5. The minimum absolute atomic E-state index is 0.0134. The lowest BCUT2D eigenvalue weighted by Crippen LogP contribution is -2.17. The zero-order valence-corrected chi connectivity index (χ0v) is 12.8. The molecule has 21 heavy (non-hydrogen) atoms. The Morgan fingerprint density at radius 1 is 1.33 bits per heavy atom. The zero-order valence-electron chi connectivity index (χ0n) is 12.8. The first-order valence-electron chi connectivity index (χ1n) is 7.17. The number of rotatable bonds is 8. The van der Waals surface area contributed by atoms with Gasteiger partial charge in [-0.2, -0.15) is 0 Å². The summed E-state index contributed by atoms with van der Waals surface area (Å²) < 4.78 is 5.63. The number of carboxylic acids is 1. The Morgan fingerprint density at radius 2 is 2.05 bits per heavy atom. The number of amides is 1. The van der Waals surface area contributed by atoms with E-state index in [1.807, 2.05) is 26.0 Å². The summed E-state index contributed by atoms with van der Waals surface area (Å²) in [6.45, 7) is 6.31. The monoisotopic (exact) mass is 293 g/mol. The standard InChI is InChI=1S/C16H23NO4/c1-4-7-21-14-8-11(2)5-6-13(14)17-15(18)9-12(3)10-16(19)20/h5-6,8,12H,4,7,9-10H2,1-3H3,(H,17,18)(H,19,20). The van der Waals surface area contributed by atoms with Crippen LogP contribution in [0.1, 0.15) is 38.7 Å². The van der Waals surface area contributed by atoms with E-state index in [-0.39, 0.29) is 24.7 Å². The Morgan fingerprint density at radius 3 is 2.67 bits per heavy atom. The van der Waals surface area contributed by atoms with Gasteiger partial charge in [-0.1, -0.05) is 19.9 Å². The molecule has 1 aromatic rings. The Hall–Kier alpha value is -2.04. The van der Waals surface area contributed by atoms with Gasteiger partial charge >= 0.3 is 5.97 Å². The molecule has 1 amide bonds. The third-order valence-electron chi connectivity index (χ3n) is 2.93. The molecule has 1 rings (SSSR count). The quantitative estimate of drug-likeness (QED) is 0.771. The molecule has 1 aromatic carbocycles. The Kier molecular flexibility index (Phi) is 6.72. The summed E-state index contributed by atoms with van der Waals surface area (Å²) >= 11 is 0. The fourth-order valence-corrected chi connectivity index (χ4v) is 1.95. The largest absolute Gasteiger partial charge is 0.491 e. The normalized spacial score (nSPS) is 11.8. The molecule has 0 fully saturated rings. The number of carbonyl (C=O) groups excluding carboxylic acids is 1. The number of carbonyl (C=O) groups is 2. The Balaban J connectivity index is 2.68. The molecule has 1 atom stereocenters. The van der Waals surface area contributed by atoms with Crippen LogP contribution in [-0.2, 0) is 9.59 Å². The van der Waals surface area contributed by atoms with Crippen molar-refractivity contribution in [3.05, 3.63) is 23.8 Å². The van der Waals surface area contributed by atoms with Gasteiger partial charge in [-0.05, 0) is 37.0 Å². The van der Waals surface area contributed by atoms with Crippen molar-refractivity contribution < 1.29 is 19.4 Å². The highest BCUT2D eigenvalue weighted by Crippen LogP contribution is 2.26. The van der Waals surface area contributed by atoms with E-state index in [1.54, 1.807) is 13.0 Å². The average Bonchev–Trinajstić information content (AvgIpc) is 2.37. The van der Waals surface area contributed by atoms with Crippen molar-refractivity contribution in [2.75, 3.05) is 11.9 Å². The maximum absolute atomic E-state index is 12.0.